The van der Waals surface area contributed by atoms with E-state index >= 15 is 0 Å². The van der Waals surface area contributed by atoms with E-state index in [1.807, 2.05) is 0 Å². The molecule has 0 heterocycles. The van der Waals surface area contributed by atoms with Crippen molar-refractivity contribution in [2.75, 3.05) is 52.5 Å². The van der Waals surface area contributed by atoms with Crippen LogP contribution in [-0.4, -0.2) is 118 Å². The molecule has 0 aliphatic rings. The number of unbranched alkanes of at least 4 members (excludes halogenated alkanes) is 1. The highest BCUT2D eigenvalue weighted by Crippen LogP contribution is 2.15. The van der Waals surface area contributed by atoms with Gasteiger partial charge in [-0.1, -0.05) is 27.7 Å². The number of carbonyl (C=O) groups is 5. The molecule has 0 aromatic carbocycles. The van der Waals surface area contributed by atoms with Crippen LogP contribution >= 0.6 is 0 Å². The summed E-state index contributed by atoms with van der Waals surface area (Å²) in [5, 5.41) is 33.8. The van der Waals surface area contributed by atoms with Crippen LogP contribution < -0.4 is 0 Å². The number of rotatable bonds is 20. The Hall–Kier alpha value is -2.77. The van der Waals surface area contributed by atoms with Crippen LogP contribution in [0.25, 0.3) is 0 Å². The molecule has 0 atom stereocenters. The summed E-state index contributed by atoms with van der Waals surface area (Å²) >= 11 is 0. The Morgan fingerprint density at radius 3 is 1.22 bits per heavy atom. The quantitative estimate of drug-likeness (QED) is 0.128. The molecule has 13 heteroatoms. The van der Waals surface area contributed by atoms with Crippen molar-refractivity contribution in [1.82, 2.24) is 9.80 Å². The average molecular weight is 537 g/mol. The van der Waals surface area contributed by atoms with Crippen molar-refractivity contribution in [3.05, 3.63) is 0 Å². The van der Waals surface area contributed by atoms with E-state index in [0.29, 0.717) is 38.9 Å². The van der Waals surface area contributed by atoms with Crippen molar-refractivity contribution in [1.29, 1.82) is 0 Å². The number of hydrogen-bond acceptors (Lipinski definition) is 10. The summed E-state index contributed by atoms with van der Waals surface area (Å²) in [5.41, 5.74) is -2.74. The zero-order valence-corrected chi connectivity index (χ0v) is 22.4. The first-order valence-electron chi connectivity index (χ1n) is 12.5. The van der Waals surface area contributed by atoms with Gasteiger partial charge in [-0.3, -0.25) is 19.2 Å². The van der Waals surface area contributed by atoms with E-state index in [1.54, 1.807) is 0 Å². The van der Waals surface area contributed by atoms with Gasteiger partial charge in [-0.15, -0.1) is 0 Å². The van der Waals surface area contributed by atoms with Crippen molar-refractivity contribution in [2.45, 2.75) is 71.8 Å². The molecule has 0 spiro atoms. The normalized spacial score (nSPS) is 11.0. The van der Waals surface area contributed by atoms with Gasteiger partial charge in [0.25, 0.3) is 0 Å². The number of carboxylic acid groups (broad SMARTS) is 3. The number of carboxylic acids is 3. The molecular weight excluding hydrogens is 492 g/mol. The lowest BCUT2D eigenvalue weighted by atomic mass is 9.96. The van der Waals surface area contributed by atoms with Crippen LogP contribution in [0.2, 0.25) is 0 Å². The molecule has 13 nitrogen and oxygen atoms in total. The van der Waals surface area contributed by atoms with Crippen molar-refractivity contribution >= 4 is 29.8 Å². The number of esters is 2. The van der Waals surface area contributed by atoms with Crippen LogP contribution in [0.1, 0.15) is 66.2 Å². The summed E-state index contributed by atoms with van der Waals surface area (Å²) in [6, 6.07) is 0. The standard InChI is InChI=1S/C18H36N2O4.C6H8O7/c1-5-19(6-2)13-15-23-17(21)11-9-10-12-18(22)24-16-14-20(7-3)8-4;7-3(8)1-6(13,5(11)12)2-4(9)10/h5-16H2,1-4H3;13H,1-2H2,(H,7,8)(H,9,10)(H,11,12). The number of ether oxygens (including phenoxy) is 2. The molecular formula is C24H44N2O11. The second-order valence-electron chi connectivity index (χ2n) is 8.18. The second-order valence-corrected chi connectivity index (χ2v) is 8.18. The summed E-state index contributed by atoms with van der Waals surface area (Å²) in [6.45, 7) is 14.6. The fourth-order valence-electron chi connectivity index (χ4n) is 3.05. The maximum absolute atomic E-state index is 11.6. The Labute approximate surface area is 218 Å². The van der Waals surface area contributed by atoms with E-state index in [4.69, 9.17) is 29.9 Å². The highest BCUT2D eigenvalue weighted by molar-refractivity contribution is 5.88. The summed E-state index contributed by atoms with van der Waals surface area (Å²) in [5.74, 6) is -5.39. The highest BCUT2D eigenvalue weighted by Gasteiger charge is 2.40. The Morgan fingerprint density at radius 2 is 0.973 bits per heavy atom. The van der Waals surface area contributed by atoms with E-state index in [9.17, 15) is 24.0 Å². The molecule has 0 aromatic heterocycles. The first-order chi connectivity index (χ1) is 17.3. The van der Waals surface area contributed by atoms with E-state index in [-0.39, 0.29) is 11.9 Å². The lowest BCUT2D eigenvalue weighted by molar-refractivity contribution is -0.170. The third kappa shape index (κ3) is 20.0. The van der Waals surface area contributed by atoms with Crippen molar-refractivity contribution in [3.63, 3.8) is 0 Å². The maximum Gasteiger partial charge on any atom is 0.336 e. The van der Waals surface area contributed by atoms with Gasteiger partial charge < -0.3 is 39.7 Å². The first-order valence-corrected chi connectivity index (χ1v) is 12.5. The highest BCUT2D eigenvalue weighted by atomic mass is 16.5. The largest absolute Gasteiger partial charge is 0.481 e. The first kappa shape index (κ1) is 36.4. The van der Waals surface area contributed by atoms with E-state index in [2.05, 4.69) is 37.5 Å². The molecule has 0 aliphatic heterocycles. The Balaban J connectivity index is 0. The Morgan fingerprint density at radius 1 is 0.649 bits per heavy atom. The lowest BCUT2D eigenvalue weighted by Gasteiger charge is -2.18. The predicted octanol–water partition coefficient (Wildman–Crippen LogP) is 1.07. The number of aliphatic hydroxyl groups is 1. The van der Waals surface area contributed by atoms with Gasteiger partial charge in [0.05, 0.1) is 12.8 Å². The van der Waals surface area contributed by atoms with Gasteiger partial charge in [0.1, 0.15) is 13.2 Å². The molecule has 0 rings (SSSR count). The predicted molar refractivity (Wildman–Crippen MR) is 133 cm³/mol. The minimum absolute atomic E-state index is 0.183. The molecule has 0 aromatic rings. The molecule has 0 unspecified atom stereocenters. The average Bonchev–Trinajstić information content (AvgIpc) is 2.81. The minimum Gasteiger partial charge on any atom is -0.481 e. The fraction of sp³-hybridized carbons (Fsp3) is 0.792. The molecule has 0 saturated carbocycles. The number of likely N-dealkylation sites (N-methyl/N-ethyl adjacent to an activating group) is 2. The zero-order valence-electron chi connectivity index (χ0n) is 22.4. The van der Waals surface area contributed by atoms with Crippen molar-refractivity contribution in [2.24, 2.45) is 0 Å². The maximum atomic E-state index is 11.6. The molecule has 0 bridgehead atoms. The van der Waals surface area contributed by atoms with Crippen LogP contribution in [0.3, 0.4) is 0 Å². The van der Waals surface area contributed by atoms with Gasteiger partial charge in [-0.25, -0.2) is 4.79 Å². The van der Waals surface area contributed by atoms with Crippen LogP contribution in [0.4, 0.5) is 0 Å². The second kappa shape index (κ2) is 21.3. The van der Waals surface area contributed by atoms with Gasteiger partial charge in [0.2, 0.25) is 0 Å². The van der Waals surface area contributed by atoms with Gasteiger partial charge in [0, 0.05) is 25.9 Å². The van der Waals surface area contributed by atoms with E-state index < -0.39 is 36.4 Å². The Kier molecular flexibility index (Phi) is 21.0. The van der Waals surface area contributed by atoms with Gasteiger partial charge in [-0.05, 0) is 39.0 Å². The van der Waals surface area contributed by atoms with Crippen molar-refractivity contribution in [3.8, 4) is 0 Å². The van der Waals surface area contributed by atoms with Crippen molar-refractivity contribution < 1.29 is 53.9 Å². The summed E-state index contributed by atoms with van der Waals surface area (Å²) < 4.78 is 10.4. The molecule has 0 saturated heterocycles. The zero-order chi connectivity index (χ0) is 28.9. The van der Waals surface area contributed by atoms with Gasteiger partial charge >= 0.3 is 29.8 Å². The van der Waals surface area contributed by atoms with Crippen LogP contribution in [-0.2, 0) is 33.4 Å². The minimum atomic E-state index is -2.74. The van der Waals surface area contributed by atoms with Crippen LogP contribution in [0.15, 0.2) is 0 Å². The lowest BCUT2D eigenvalue weighted by Crippen LogP contribution is -2.42. The summed E-state index contributed by atoms with van der Waals surface area (Å²) in [4.78, 5) is 58.1. The van der Waals surface area contributed by atoms with Crippen LogP contribution in [0, 0.1) is 0 Å². The molecule has 0 radical (unpaired) electrons. The smallest absolute Gasteiger partial charge is 0.336 e. The molecule has 0 aliphatic carbocycles. The molecule has 216 valence electrons. The monoisotopic (exact) mass is 536 g/mol. The summed E-state index contributed by atoms with van der Waals surface area (Å²) in [6.07, 6.45) is -0.232. The number of carbonyl (C=O) groups excluding carboxylic acids is 2. The third-order valence-electron chi connectivity index (χ3n) is 5.43. The number of hydrogen-bond donors (Lipinski definition) is 4. The number of nitrogens with zero attached hydrogens (tertiary/aromatic N) is 2. The number of aliphatic carboxylic acids is 3. The van der Waals surface area contributed by atoms with E-state index in [1.165, 1.54) is 0 Å². The molecule has 4 N–H and O–H groups in total. The summed E-state index contributed by atoms with van der Waals surface area (Å²) in [7, 11) is 0. The van der Waals surface area contributed by atoms with E-state index in [0.717, 1.165) is 39.3 Å². The Bertz CT molecular complexity index is 644. The SMILES string of the molecule is CCN(CC)CCOC(=O)CCCCC(=O)OCCN(CC)CC.O=C(O)CC(O)(CC(=O)O)C(=O)O. The molecule has 37 heavy (non-hydrogen) atoms. The topological polar surface area (TPSA) is 191 Å². The van der Waals surface area contributed by atoms with Crippen LogP contribution in [0.5, 0.6) is 0 Å². The fourth-order valence-corrected chi connectivity index (χ4v) is 3.05. The molecule has 0 fully saturated rings. The van der Waals surface area contributed by atoms with Gasteiger partial charge in [-0.2, -0.15) is 0 Å². The third-order valence-corrected chi connectivity index (χ3v) is 5.43. The molecule has 0 amide bonds. The van der Waals surface area contributed by atoms with Gasteiger partial charge in [0.15, 0.2) is 5.60 Å².